The van der Waals surface area contributed by atoms with Crippen molar-refractivity contribution >= 4 is 10.0 Å². The van der Waals surface area contributed by atoms with E-state index in [1.807, 2.05) is 0 Å². The van der Waals surface area contributed by atoms with Crippen LogP contribution in [0.1, 0.15) is 19.8 Å². The molecule has 2 N–H and O–H groups in total. The molecule has 0 heterocycles. The molecule has 0 aromatic heterocycles. The lowest BCUT2D eigenvalue weighted by atomic mass is 10.1. The van der Waals surface area contributed by atoms with E-state index in [1.165, 1.54) is 37.1 Å². The van der Waals surface area contributed by atoms with Crippen molar-refractivity contribution in [2.45, 2.75) is 24.7 Å². The summed E-state index contributed by atoms with van der Waals surface area (Å²) in [6.07, 6.45) is 2.41. The lowest BCUT2D eigenvalue weighted by Gasteiger charge is -2.12. The lowest BCUT2D eigenvalue weighted by Crippen LogP contribution is -2.29. The van der Waals surface area contributed by atoms with Crippen LogP contribution in [0.15, 0.2) is 29.2 Å². The number of aromatic hydroxyl groups is 1. The number of nitrogens with one attached hydrogen (secondary N) is 1. The Bertz CT molecular complexity index is 494. The molecular formula is C12H17NO3S. The van der Waals surface area contributed by atoms with Crippen LogP contribution in [0.4, 0.5) is 0 Å². The fraction of sp³-hybridized carbons (Fsp3) is 0.500. The standard InChI is InChI=1S/C12H17NO3S/c1-9(10-5-6-10)8-13-17(15,16)12-4-2-3-11(14)7-12/h2-4,7,9-10,13-14H,5-6,8H2,1H3. The molecule has 1 unspecified atom stereocenters. The molecule has 1 aliphatic carbocycles. The first-order valence-corrected chi connectivity index (χ1v) is 7.26. The molecule has 0 bridgehead atoms. The predicted octanol–water partition coefficient (Wildman–Crippen LogP) is 1.72. The number of sulfonamides is 1. The molecule has 0 saturated heterocycles. The third kappa shape index (κ3) is 3.20. The average Bonchev–Trinajstić information content (AvgIpc) is 3.10. The maximum Gasteiger partial charge on any atom is 0.240 e. The van der Waals surface area contributed by atoms with Gasteiger partial charge in [-0.25, -0.2) is 13.1 Å². The van der Waals surface area contributed by atoms with Gasteiger partial charge in [0.15, 0.2) is 0 Å². The van der Waals surface area contributed by atoms with Crippen molar-refractivity contribution in [1.29, 1.82) is 0 Å². The van der Waals surface area contributed by atoms with E-state index in [2.05, 4.69) is 11.6 Å². The molecule has 94 valence electrons. The number of phenols is 1. The second kappa shape index (κ2) is 4.66. The number of phenolic OH excluding ortho intramolecular Hbond substituents is 1. The molecule has 1 saturated carbocycles. The number of hydrogen-bond acceptors (Lipinski definition) is 3. The van der Waals surface area contributed by atoms with E-state index in [9.17, 15) is 13.5 Å². The van der Waals surface area contributed by atoms with Gasteiger partial charge < -0.3 is 5.11 Å². The first-order chi connectivity index (χ1) is 7.99. The molecular weight excluding hydrogens is 238 g/mol. The minimum atomic E-state index is -3.49. The Kier molecular flexibility index (Phi) is 3.40. The summed E-state index contributed by atoms with van der Waals surface area (Å²) in [6, 6.07) is 5.70. The molecule has 1 aromatic rings. The van der Waals surface area contributed by atoms with Gasteiger partial charge in [-0.1, -0.05) is 13.0 Å². The Hall–Kier alpha value is -1.07. The highest BCUT2D eigenvalue weighted by Crippen LogP contribution is 2.36. The van der Waals surface area contributed by atoms with Crippen molar-refractivity contribution in [2.24, 2.45) is 11.8 Å². The second-order valence-corrected chi connectivity index (χ2v) is 6.43. The average molecular weight is 255 g/mol. The zero-order valence-electron chi connectivity index (χ0n) is 9.76. The van der Waals surface area contributed by atoms with Gasteiger partial charge in [-0.3, -0.25) is 0 Å². The van der Waals surface area contributed by atoms with Crippen molar-refractivity contribution in [3.63, 3.8) is 0 Å². The third-order valence-electron chi connectivity index (χ3n) is 3.15. The van der Waals surface area contributed by atoms with Gasteiger partial charge in [0.1, 0.15) is 5.75 Å². The Labute approximate surface area is 102 Å². The van der Waals surface area contributed by atoms with Crippen LogP contribution in [-0.2, 0) is 10.0 Å². The minimum Gasteiger partial charge on any atom is -0.508 e. The largest absolute Gasteiger partial charge is 0.508 e. The van der Waals surface area contributed by atoms with E-state index in [-0.39, 0.29) is 10.6 Å². The van der Waals surface area contributed by atoms with Gasteiger partial charge in [0, 0.05) is 6.54 Å². The molecule has 1 fully saturated rings. The summed E-state index contributed by atoms with van der Waals surface area (Å²) >= 11 is 0. The molecule has 1 aliphatic rings. The topological polar surface area (TPSA) is 66.4 Å². The second-order valence-electron chi connectivity index (χ2n) is 4.66. The highest BCUT2D eigenvalue weighted by atomic mass is 32.2. The van der Waals surface area contributed by atoms with Gasteiger partial charge in [0.2, 0.25) is 10.0 Å². The Morgan fingerprint density at radius 3 is 2.76 bits per heavy atom. The maximum atomic E-state index is 11.9. The summed E-state index contributed by atoms with van der Waals surface area (Å²) in [5, 5.41) is 9.26. The molecule has 2 rings (SSSR count). The van der Waals surface area contributed by atoms with Gasteiger partial charge in [-0.05, 0) is 42.9 Å². The number of hydrogen-bond donors (Lipinski definition) is 2. The Morgan fingerprint density at radius 1 is 1.47 bits per heavy atom. The monoisotopic (exact) mass is 255 g/mol. The summed E-state index contributed by atoms with van der Waals surface area (Å²) < 4.78 is 26.4. The van der Waals surface area contributed by atoms with Crippen LogP contribution in [0.2, 0.25) is 0 Å². The number of rotatable bonds is 5. The van der Waals surface area contributed by atoms with Gasteiger partial charge in [-0.2, -0.15) is 0 Å². The number of benzene rings is 1. The lowest BCUT2D eigenvalue weighted by molar-refractivity contribution is 0.472. The van der Waals surface area contributed by atoms with Crippen molar-refractivity contribution in [2.75, 3.05) is 6.54 Å². The summed E-state index contributed by atoms with van der Waals surface area (Å²) in [7, 11) is -3.49. The normalized spacial score (nSPS) is 17.9. The minimum absolute atomic E-state index is 0.0388. The molecule has 1 aromatic carbocycles. The molecule has 0 aliphatic heterocycles. The van der Waals surface area contributed by atoms with E-state index < -0.39 is 10.0 Å². The van der Waals surface area contributed by atoms with Crippen molar-refractivity contribution in [3.8, 4) is 5.75 Å². The van der Waals surface area contributed by atoms with Crippen molar-refractivity contribution < 1.29 is 13.5 Å². The fourth-order valence-corrected chi connectivity index (χ4v) is 2.99. The molecule has 0 amide bonds. The zero-order chi connectivity index (χ0) is 12.5. The van der Waals surface area contributed by atoms with Gasteiger partial charge in [0.05, 0.1) is 4.90 Å². The maximum absolute atomic E-state index is 11.9. The third-order valence-corrected chi connectivity index (χ3v) is 4.57. The first kappa shape index (κ1) is 12.4. The molecule has 4 nitrogen and oxygen atoms in total. The summed E-state index contributed by atoms with van der Waals surface area (Å²) in [5.74, 6) is 1.01. The fourth-order valence-electron chi connectivity index (χ4n) is 1.81. The van der Waals surface area contributed by atoms with Crippen molar-refractivity contribution in [1.82, 2.24) is 4.72 Å². The molecule has 17 heavy (non-hydrogen) atoms. The SMILES string of the molecule is CC(CNS(=O)(=O)c1cccc(O)c1)C1CC1. The van der Waals surface area contributed by atoms with Crippen LogP contribution in [0.3, 0.4) is 0 Å². The van der Waals surface area contributed by atoms with E-state index in [1.54, 1.807) is 0 Å². The Balaban J connectivity index is 2.03. The highest BCUT2D eigenvalue weighted by Gasteiger charge is 2.28. The quantitative estimate of drug-likeness (QED) is 0.842. The smallest absolute Gasteiger partial charge is 0.240 e. The predicted molar refractivity (Wildman–Crippen MR) is 65.2 cm³/mol. The van der Waals surface area contributed by atoms with Gasteiger partial charge in [0.25, 0.3) is 0 Å². The summed E-state index contributed by atoms with van der Waals surface area (Å²) in [6.45, 7) is 2.52. The first-order valence-electron chi connectivity index (χ1n) is 5.78. The van der Waals surface area contributed by atoms with Crippen LogP contribution in [0.25, 0.3) is 0 Å². The summed E-state index contributed by atoms with van der Waals surface area (Å²) in [4.78, 5) is 0.112. The van der Waals surface area contributed by atoms with Crippen LogP contribution < -0.4 is 4.72 Å². The molecule has 1 atom stereocenters. The van der Waals surface area contributed by atoms with Gasteiger partial charge >= 0.3 is 0 Å². The van der Waals surface area contributed by atoms with Crippen LogP contribution in [-0.4, -0.2) is 20.1 Å². The molecule has 0 spiro atoms. The van der Waals surface area contributed by atoms with Gasteiger partial charge in [-0.15, -0.1) is 0 Å². The molecule has 0 radical (unpaired) electrons. The Morgan fingerprint density at radius 2 is 2.18 bits per heavy atom. The van der Waals surface area contributed by atoms with E-state index in [0.29, 0.717) is 18.4 Å². The van der Waals surface area contributed by atoms with Crippen LogP contribution in [0, 0.1) is 11.8 Å². The van der Waals surface area contributed by atoms with Crippen molar-refractivity contribution in [3.05, 3.63) is 24.3 Å². The molecule has 5 heteroatoms. The van der Waals surface area contributed by atoms with E-state index in [0.717, 1.165) is 0 Å². The van der Waals surface area contributed by atoms with Crippen LogP contribution >= 0.6 is 0 Å². The van der Waals surface area contributed by atoms with E-state index in [4.69, 9.17) is 0 Å². The van der Waals surface area contributed by atoms with Crippen LogP contribution in [0.5, 0.6) is 5.75 Å². The highest BCUT2D eigenvalue weighted by molar-refractivity contribution is 7.89. The zero-order valence-corrected chi connectivity index (χ0v) is 10.6. The van der Waals surface area contributed by atoms with E-state index >= 15 is 0 Å². The summed E-state index contributed by atoms with van der Waals surface area (Å²) in [5.41, 5.74) is 0.